The number of nitrogen functional groups attached to an aromatic ring is 1. The fourth-order valence-electron chi connectivity index (χ4n) is 12.1. The van der Waals surface area contributed by atoms with Crippen molar-refractivity contribution in [3.63, 3.8) is 0 Å². The lowest BCUT2D eigenvalue weighted by molar-refractivity contribution is -0.137. The summed E-state index contributed by atoms with van der Waals surface area (Å²) < 4.78 is 0. The molecule has 4 amide bonds. The molecule has 4 aromatic rings. The minimum Gasteiger partial charge on any atom is -0.507 e. The van der Waals surface area contributed by atoms with Crippen LogP contribution < -0.4 is 27.0 Å². The van der Waals surface area contributed by atoms with E-state index in [2.05, 4.69) is 50.1 Å². The molecule has 3 unspecified atom stereocenters. The summed E-state index contributed by atoms with van der Waals surface area (Å²) in [7, 11) is 0. The highest BCUT2D eigenvalue weighted by molar-refractivity contribution is 5.89. The molecular weight excluding hydrogens is 905 g/mol. The first-order valence-electron chi connectivity index (χ1n) is 26.0. The Balaban J connectivity index is 0.000000469. The Morgan fingerprint density at radius 1 is 0.972 bits per heavy atom. The number of anilines is 2. The third-order valence-corrected chi connectivity index (χ3v) is 16.4. The number of phenolic OH excluding ortho intramolecular Hbond substituents is 1. The van der Waals surface area contributed by atoms with Gasteiger partial charge in [0.2, 0.25) is 18.3 Å². The number of phenols is 1. The maximum atomic E-state index is 13.5. The molecule has 3 atom stereocenters. The largest absolute Gasteiger partial charge is 0.507 e. The summed E-state index contributed by atoms with van der Waals surface area (Å²) in [4.78, 5) is 61.4. The number of hydrogen-bond donors (Lipinski definition) is 6. The van der Waals surface area contributed by atoms with Gasteiger partial charge in [0.1, 0.15) is 17.6 Å². The number of piperidine rings is 1. The van der Waals surface area contributed by atoms with Gasteiger partial charge in [0.15, 0.2) is 0 Å². The fraction of sp³-hybridized carbons (Fsp3) is 0.518. The van der Waals surface area contributed by atoms with Crippen molar-refractivity contribution in [3.8, 4) is 18.1 Å². The van der Waals surface area contributed by atoms with E-state index in [-0.39, 0.29) is 40.6 Å². The monoisotopic (exact) mass is 979 g/mol. The molecule has 1 saturated carbocycles. The minimum atomic E-state index is -0.513. The number of para-hydroxylation sites is 1. The van der Waals surface area contributed by atoms with E-state index in [9.17, 15) is 19.5 Å². The Kier molecular flexibility index (Phi) is 14.6. The summed E-state index contributed by atoms with van der Waals surface area (Å²) in [6.45, 7) is 18.6. The van der Waals surface area contributed by atoms with Crippen LogP contribution in [0, 0.1) is 23.2 Å². The molecule has 2 aromatic heterocycles. The summed E-state index contributed by atoms with van der Waals surface area (Å²) in [5.74, 6) is 4.46. The van der Waals surface area contributed by atoms with Gasteiger partial charge in [-0.25, -0.2) is 14.8 Å². The molecule has 382 valence electrons. The van der Waals surface area contributed by atoms with Crippen LogP contribution in [0.4, 0.5) is 16.6 Å². The van der Waals surface area contributed by atoms with Crippen LogP contribution in [0.25, 0.3) is 11.8 Å². The quantitative estimate of drug-likeness (QED) is 0.0754. The topological polar surface area (TPSA) is 205 Å². The number of fused-ring (bicyclic) bond motifs is 1. The van der Waals surface area contributed by atoms with E-state index in [1.165, 1.54) is 5.56 Å². The molecule has 0 radical (unpaired) electrons. The van der Waals surface area contributed by atoms with Crippen molar-refractivity contribution in [2.24, 2.45) is 16.6 Å². The van der Waals surface area contributed by atoms with Crippen molar-refractivity contribution in [1.29, 1.82) is 0 Å². The molecular formula is C56H74N12O4. The second kappa shape index (κ2) is 20.9. The number of nitrogens with zero attached hydrogens (tertiary/aromatic N) is 7. The Hall–Kier alpha value is -6.57. The van der Waals surface area contributed by atoms with E-state index in [0.29, 0.717) is 48.0 Å². The maximum absolute atomic E-state index is 13.5. The average molecular weight is 979 g/mol. The number of amides is 4. The van der Waals surface area contributed by atoms with Crippen molar-refractivity contribution >= 4 is 41.9 Å². The lowest BCUT2D eigenvalue weighted by Gasteiger charge is -2.63. The number of benzene rings is 2. The van der Waals surface area contributed by atoms with Crippen molar-refractivity contribution < 1.29 is 19.5 Å². The smallest absolute Gasteiger partial charge is 0.318 e. The zero-order valence-corrected chi connectivity index (χ0v) is 42.7. The second-order valence-corrected chi connectivity index (χ2v) is 22.3. The van der Waals surface area contributed by atoms with Gasteiger partial charge in [-0.15, -0.1) is 6.42 Å². The number of carbonyl (C=O) groups excluding carboxylic acids is 3. The Morgan fingerprint density at radius 2 is 1.67 bits per heavy atom. The number of likely N-dealkylation sites (tertiary alicyclic amines) is 4. The van der Waals surface area contributed by atoms with Crippen LogP contribution in [0.3, 0.4) is 0 Å². The van der Waals surface area contributed by atoms with Gasteiger partial charge in [0.25, 0.3) is 0 Å². The first-order valence-corrected chi connectivity index (χ1v) is 26.0. The predicted molar refractivity (Wildman–Crippen MR) is 282 cm³/mol. The fourth-order valence-corrected chi connectivity index (χ4v) is 12.1. The van der Waals surface area contributed by atoms with Crippen molar-refractivity contribution in [2.75, 3.05) is 63.0 Å². The Labute approximate surface area is 425 Å². The molecule has 7 heterocycles. The van der Waals surface area contributed by atoms with E-state index >= 15 is 0 Å². The van der Waals surface area contributed by atoms with Crippen LogP contribution >= 0.6 is 0 Å². The number of H-pyrrole nitrogens is 1. The van der Waals surface area contributed by atoms with Crippen LogP contribution in [0.15, 0.2) is 60.9 Å². The summed E-state index contributed by atoms with van der Waals surface area (Å²) in [6.07, 6.45) is 19.2. The molecule has 6 aliphatic rings. The van der Waals surface area contributed by atoms with Gasteiger partial charge in [-0.1, -0.05) is 51.0 Å². The Morgan fingerprint density at radius 3 is 2.29 bits per heavy atom. The normalized spacial score (nSPS) is 22.1. The third-order valence-electron chi connectivity index (χ3n) is 16.4. The van der Waals surface area contributed by atoms with E-state index in [1.807, 2.05) is 79.4 Å². The van der Waals surface area contributed by atoms with Gasteiger partial charge in [-0.3, -0.25) is 19.4 Å². The number of aromatic amines is 1. The molecule has 5 fully saturated rings. The van der Waals surface area contributed by atoms with Gasteiger partial charge >= 0.3 is 6.03 Å². The molecule has 16 heteroatoms. The number of urea groups is 1. The van der Waals surface area contributed by atoms with Gasteiger partial charge < -0.3 is 46.9 Å². The number of rotatable bonds is 11. The van der Waals surface area contributed by atoms with Gasteiger partial charge in [0.05, 0.1) is 6.04 Å². The lowest BCUT2D eigenvalue weighted by atomic mass is 9.60. The lowest BCUT2D eigenvalue weighted by Crippen LogP contribution is -2.73. The van der Waals surface area contributed by atoms with Crippen LogP contribution in [0.1, 0.15) is 124 Å². The first-order chi connectivity index (χ1) is 34.5. The standard InChI is InChI=1S/C46H65N11O3.C10H9NO/c1-28-9-8-15-56(28)42(59)40(45(3,4)5)52-44(60)55-26-46(27-55)20-32(21-46)54-24-33(25-54)53-16-12-30(13-17-53)31-22-49-43(50-23-31)57-18-14-37-39(29(57)2)35(41(48)51-37)19-36(47)34-10-6-7-11-38(34)58;1-2-9-3-5-10(6-4-9)7-11-8-12/h6-7,10-11,19,22-23,28-30,32-33,40,51,58H,8-9,12-18,20-21,24-27,47-48H2,1-5H3,(H,52,60);1,3-6,8H,7H2,(H,11,12)/b36-19-;. The van der Waals surface area contributed by atoms with Crippen LogP contribution in [-0.2, 0) is 22.6 Å². The number of carbonyl (C=O) groups is 3. The average Bonchev–Trinajstić information content (AvgIpc) is 3.91. The summed E-state index contributed by atoms with van der Waals surface area (Å²) >= 11 is 0. The van der Waals surface area contributed by atoms with Gasteiger partial charge in [-0.2, -0.15) is 0 Å². The first kappa shape index (κ1) is 50.4. The molecule has 10 rings (SSSR count). The molecule has 2 aromatic carbocycles. The molecule has 8 N–H and O–H groups in total. The highest BCUT2D eigenvalue weighted by Crippen LogP contribution is 2.51. The molecule has 0 bridgehead atoms. The number of nitrogens with one attached hydrogen (secondary N) is 3. The molecule has 5 aliphatic heterocycles. The maximum Gasteiger partial charge on any atom is 0.318 e. The minimum absolute atomic E-state index is 0.0182. The van der Waals surface area contributed by atoms with Crippen molar-refractivity contribution in [3.05, 3.63) is 100.0 Å². The number of terminal acetylenes is 1. The third kappa shape index (κ3) is 10.5. The number of aromatic nitrogens is 3. The van der Waals surface area contributed by atoms with E-state index < -0.39 is 6.04 Å². The van der Waals surface area contributed by atoms with E-state index in [4.69, 9.17) is 27.9 Å². The molecule has 1 aliphatic carbocycles. The van der Waals surface area contributed by atoms with Crippen LogP contribution in [0.2, 0.25) is 0 Å². The highest BCUT2D eigenvalue weighted by Gasteiger charge is 2.57. The van der Waals surface area contributed by atoms with Gasteiger partial charge in [-0.05, 0) is 118 Å². The summed E-state index contributed by atoms with van der Waals surface area (Å²) in [6, 6.07) is 15.4. The highest BCUT2D eigenvalue weighted by atomic mass is 16.3. The van der Waals surface area contributed by atoms with Gasteiger partial charge in [0, 0.05) is 122 Å². The summed E-state index contributed by atoms with van der Waals surface area (Å²) in [5.41, 5.74) is 20.0. The molecule has 4 saturated heterocycles. The molecule has 1 spiro atoms. The predicted octanol–water partition coefficient (Wildman–Crippen LogP) is 6.05. The van der Waals surface area contributed by atoms with Crippen molar-refractivity contribution in [1.82, 2.24) is 45.2 Å². The molecule has 16 nitrogen and oxygen atoms in total. The zero-order chi connectivity index (χ0) is 50.9. The van der Waals surface area contributed by atoms with Crippen molar-refractivity contribution in [2.45, 2.75) is 122 Å². The van der Waals surface area contributed by atoms with Crippen LogP contribution in [-0.4, -0.2) is 135 Å². The summed E-state index contributed by atoms with van der Waals surface area (Å²) in [5, 5.41) is 16.1. The van der Waals surface area contributed by atoms with E-state index in [0.717, 1.165) is 131 Å². The Bertz CT molecular complexity index is 2640. The number of nitrogens with two attached hydrogens (primary N) is 2. The van der Waals surface area contributed by atoms with E-state index in [1.54, 1.807) is 18.2 Å². The SMILES string of the molecule is C#Cc1ccc(CNC=O)cc1.CC1CCCN1C(=O)C(NC(=O)N1CC2(CC(N3CC(N4CCC(c5cnc(N6CCc7[nH]c(N)c(/C=C(\N)c8ccccc8O)c7C6C)nc5)CC4)C3)C2)C1)C(C)(C)C. The zero-order valence-electron chi connectivity index (χ0n) is 42.7. The number of hydrogen-bond acceptors (Lipinski definition) is 11. The number of aromatic hydroxyl groups is 1. The molecule has 72 heavy (non-hydrogen) atoms. The second-order valence-electron chi connectivity index (χ2n) is 22.3. The van der Waals surface area contributed by atoms with Crippen LogP contribution in [0.5, 0.6) is 5.75 Å².